The monoisotopic (exact) mass is 278 g/mol. The Morgan fingerprint density at radius 3 is 2.90 bits per heavy atom. The van der Waals surface area contributed by atoms with Gasteiger partial charge in [-0.1, -0.05) is 6.07 Å². The van der Waals surface area contributed by atoms with E-state index in [2.05, 4.69) is 10.3 Å². The molecule has 6 nitrogen and oxygen atoms in total. The van der Waals surface area contributed by atoms with E-state index >= 15 is 0 Å². The van der Waals surface area contributed by atoms with Crippen molar-refractivity contribution in [2.24, 2.45) is 0 Å². The first-order valence-corrected chi connectivity index (χ1v) is 6.66. The third kappa shape index (κ3) is 4.03. The van der Waals surface area contributed by atoms with E-state index in [0.717, 1.165) is 12.8 Å². The summed E-state index contributed by atoms with van der Waals surface area (Å²) in [5.74, 6) is -0.505. The average Bonchev–Trinajstić information content (AvgIpc) is 3.21. The number of esters is 1. The van der Waals surface area contributed by atoms with E-state index in [9.17, 15) is 14.4 Å². The minimum Gasteiger partial charge on any atom is -0.455 e. The van der Waals surface area contributed by atoms with E-state index in [1.54, 1.807) is 18.3 Å². The Morgan fingerprint density at radius 2 is 2.35 bits per heavy atom. The van der Waals surface area contributed by atoms with E-state index in [0.29, 0.717) is 17.9 Å². The van der Waals surface area contributed by atoms with Crippen LogP contribution in [0.1, 0.15) is 37.8 Å². The quantitative estimate of drug-likeness (QED) is 0.566. The van der Waals surface area contributed by atoms with Crippen molar-refractivity contribution < 1.29 is 14.3 Å². The van der Waals surface area contributed by atoms with Gasteiger partial charge in [0, 0.05) is 37.2 Å². The summed E-state index contributed by atoms with van der Waals surface area (Å²) in [7, 11) is 0. The van der Waals surface area contributed by atoms with E-state index in [-0.39, 0.29) is 18.0 Å². The molecule has 2 rings (SSSR count). The molecular formula is C14H18N2O4. The van der Waals surface area contributed by atoms with Gasteiger partial charge in [-0.3, -0.25) is 14.4 Å². The molecule has 0 spiro atoms. The van der Waals surface area contributed by atoms with Gasteiger partial charge in [0.1, 0.15) is 0 Å². The number of hydrogen-bond acceptors (Lipinski definition) is 5. The number of aldehydes is 1. The number of rotatable bonds is 7. The number of pyridine rings is 1. The molecule has 20 heavy (non-hydrogen) atoms. The van der Waals surface area contributed by atoms with Crippen LogP contribution in [-0.2, 0) is 14.3 Å². The molecule has 0 amide bonds. The van der Waals surface area contributed by atoms with Crippen LogP contribution in [0.25, 0.3) is 0 Å². The lowest BCUT2D eigenvalue weighted by Gasteiger charge is -2.21. The topological polar surface area (TPSA) is 88.3 Å². The fourth-order valence-corrected chi connectivity index (χ4v) is 2.11. The van der Waals surface area contributed by atoms with Gasteiger partial charge in [0.25, 0.3) is 5.56 Å². The second kappa shape index (κ2) is 6.47. The molecule has 6 heteroatoms. The molecule has 2 unspecified atom stereocenters. The van der Waals surface area contributed by atoms with Crippen molar-refractivity contribution in [2.75, 3.05) is 0 Å². The Labute approximate surface area is 116 Å². The first kappa shape index (κ1) is 14.5. The highest BCUT2D eigenvalue weighted by Crippen LogP contribution is 2.25. The molecule has 1 aromatic heterocycles. The van der Waals surface area contributed by atoms with Crippen LogP contribution in [0.5, 0.6) is 0 Å². The zero-order valence-corrected chi connectivity index (χ0v) is 11.3. The molecule has 2 atom stereocenters. The zero-order valence-electron chi connectivity index (χ0n) is 11.3. The second-order valence-electron chi connectivity index (χ2n) is 4.97. The van der Waals surface area contributed by atoms with E-state index in [1.807, 2.05) is 0 Å². The number of ether oxygens (including phenoxy) is 1. The lowest BCUT2D eigenvalue weighted by molar-refractivity contribution is -0.150. The lowest BCUT2D eigenvalue weighted by Crippen LogP contribution is -2.33. The SMILES string of the molecule is CC(=O)OC(C=O)CC(NC1CC1)c1ccc[nH]c1=O. The second-order valence-corrected chi connectivity index (χ2v) is 4.97. The summed E-state index contributed by atoms with van der Waals surface area (Å²) in [6.45, 7) is 1.26. The normalized spacial score (nSPS) is 17.2. The van der Waals surface area contributed by atoms with Crippen LogP contribution < -0.4 is 10.9 Å². The van der Waals surface area contributed by atoms with Crippen LogP contribution in [0.4, 0.5) is 0 Å². The summed E-state index contributed by atoms with van der Waals surface area (Å²) < 4.78 is 4.93. The minimum atomic E-state index is -0.844. The van der Waals surface area contributed by atoms with Gasteiger partial charge in [-0.25, -0.2) is 0 Å². The lowest BCUT2D eigenvalue weighted by atomic mass is 10.0. The first-order valence-electron chi connectivity index (χ1n) is 6.66. The molecule has 1 fully saturated rings. The third-order valence-corrected chi connectivity index (χ3v) is 3.18. The van der Waals surface area contributed by atoms with Crippen LogP contribution in [0, 0.1) is 0 Å². The molecule has 1 saturated carbocycles. The van der Waals surface area contributed by atoms with Gasteiger partial charge in [0.05, 0.1) is 0 Å². The number of aromatic amines is 1. The van der Waals surface area contributed by atoms with Crippen LogP contribution in [0.2, 0.25) is 0 Å². The highest BCUT2D eigenvalue weighted by molar-refractivity contribution is 5.70. The van der Waals surface area contributed by atoms with Crippen molar-refractivity contribution >= 4 is 12.3 Å². The van der Waals surface area contributed by atoms with Crippen molar-refractivity contribution in [1.82, 2.24) is 10.3 Å². The number of aromatic nitrogens is 1. The summed E-state index contributed by atoms with van der Waals surface area (Å²) in [4.78, 5) is 36.4. The Morgan fingerprint density at radius 1 is 1.60 bits per heavy atom. The van der Waals surface area contributed by atoms with Gasteiger partial charge in [-0.05, 0) is 18.9 Å². The molecule has 2 N–H and O–H groups in total. The van der Waals surface area contributed by atoms with Crippen LogP contribution in [0.3, 0.4) is 0 Å². The highest BCUT2D eigenvalue weighted by atomic mass is 16.5. The number of H-pyrrole nitrogens is 1. The summed E-state index contributed by atoms with van der Waals surface area (Å²) in [6, 6.07) is 3.51. The number of carbonyl (C=O) groups excluding carboxylic acids is 2. The fraction of sp³-hybridized carbons (Fsp3) is 0.500. The predicted octanol–water partition coefficient (Wildman–Crippen LogP) is 0.689. The van der Waals surface area contributed by atoms with Crippen molar-refractivity contribution in [1.29, 1.82) is 0 Å². The van der Waals surface area contributed by atoms with E-state index in [4.69, 9.17) is 4.74 Å². The van der Waals surface area contributed by atoms with Gasteiger partial charge in [-0.2, -0.15) is 0 Å². The molecule has 0 saturated heterocycles. The molecule has 1 heterocycles. The zero-order chi connectivity index (χ0) is 14.5. The largest absolute Gasteiger partial charge is 0.455 e. The maximum absolute atomic E-state index is 11.9. The predicted molar refractivity (Wildman–Crippen MR) is 72.2 cm³/mol. The number of hydrogen-bond donors (Lipinski definition) is 2. The van der Waals surface area contributed by atoms with Crippen molar-refractivity contribution in [3.05, 3.63) is 34.2 Å². The van der Waals surface area contributed by atoms with Crippen LogP contribution >= 0.6 is 0 Å². The third-order valence-electron chi connectivity index (χ3n) is 3.18. The Balaban J connectivity index is 2.14. The summed E-state index contributed by atoms with van der Waals surface area (Å²) in [6.07, 6.45) is 3.68. The standard InChI is InChI=1S/C14H18N2O4/c1-9(18)20-11(8-17)7-13(16-10-4-5-10)12-3-2-6-15-14(12)19/h2-3,6,8,10-11,13,16H,4-5,7H2,1H3,(H,15,19). The van der Waals surface area contributed by atoms with Crippen LogP contribution in [-0.4, -0.2) is 29.4 Å². The van der Waals surface area contributed by atoms with Gasteiger partial charge < -0.3 is 15.0 Å². The minimum absolute atomic E-state index is 0.196. The highest BCUT2D eigenvalue weighted by Gasteiger charge is 2.29. The molecule has 108 valence electrons. The van der Waals surface area contributed by atoms with E-state index in [1.165, 1.54) is 6.92 Å². The smallest absolute Gasteiger partial charge is 0.303 e. The Bertz CT molecular complexity index is 536. The molecule has 0 aliphatic heterocycles. The number of nitrogens with one attached hydrogen (secondary N) is 2. The van der Waals surface area contributed by atoms with Crippen molar-refractivity contribution in [3.8, 4) is 0 Å². The fourth-order valence-electron chi connectivity index (χ4n) is 2.11. The summed E-state index contributed by atoms with van der Waals surface area (Å²) in [5.41, 5.74) is 0.358. The van der Waals surface area contributed by atoms with E-state index < -0.39 is 12.1 Å². The maximum Gasteiger partial charge on any atom is 0.303 e. The van der Waals surface area contributed by atoms with Crippen LogP contribution in [0.15, 0.2) is 23.1 Å². The van der Waals surface area contributed by atoms with Gasteiger partial charge in [-0.15, -0.1) is 0 Å². The number of carbonyl (C=O) groups is 2. The summed E-state index contributed by atoms with van der Waals surface area (Å²) >= 11 is 0. The van der Waals surface area contributed by atoms with Gasteiger partial charge >= 0.3 is 5.97 Å². The van der Waals surface area contributed by atoms with Gasteiger partial charge in [0.15, 0.2) is 12.4 Å². The molecular weight excluding hydrogens is 260 g/mol. The summed E-state index contributed by atoms with van der Waals surface area (Å²) in [5, 5.41) is 3.32. The molecule has 0 bridgehead atoms. The first-order chi connectivity index (χ1) is 9.60. The maximum atomic E-state index is 11.9. The molecule has 1 aromatic rings. The molecule has 0 aromatic carbocycles. The Hall–Kier alpha value is -1.95. The average molecular weight is 278 g/mol. The van der Waals surface area contributed by atoms with Gasteiger partial charge in [0.2, 0.25) is 0 Å². The molecule has 0 radical (unpaired) electrons. The Kier molecular flexibility index (Phi) is 4.68. The van der Waals surface area contributed by atoms with Crippen molar-refractivity contribution in [3.63, 3.8) is 0 Å². The molecule has 1 aliphatic rings. The molecule has 1 aliphatic carbocycles. The van der Waals surface area contributed by atoms with Crippen molar-refractivity contribution in [2.45, 2.75) is 44.4 Å².